The molecule has 6 bridgehead atoms. The predicted molar refractivity (Wildman–Crippen MR) is 265 cm³/mol. The minimum atomic E-state index is -1.18. The Hall–Kier alpha value is -6.22. The number of phenolic OH excluding ortho intramolecular Hbond substituents is 1. The molecule has 2 aromatic rings. The fourth-order valence-electron chi connectivity index (χ4n) is 10.1. The van der Waals surface area contributed by atoms with Gasteiger partial charge in [0.05, 0.1) is 36.6 Å². The van der Waals surface area contributed by atoms with Gasteiger partial charge >= 0.3 is 5.97 Å². The highest BCUT2D eigenvalue weighted by Crippen LogP contribution is 2.45. The van der Waals surface area contributed by atoms with Crippen LogP contribution in [-0.4, -0.2) is 161 Å². The summed E-state index contributed by atoms with van der Waals surface area (Å²) in [7, 11) is 7.00. The Morgan fingerprint density at radius 3 is 2.59 bits per heavy atom. The Balaban J connectivity index is 1.22. The molecule has 5 aliphatic rings. The number of benzene rings is 1. The molecule has 4 amide bonds. The van der Waals surface area contributed by atoms with Crippen molar-refractivity contribution in [3.63, 3.8) is 0 Å². The Morgan fingerprint density at radius 1 is 1.10 bits per heavy atom. The third kappa shape index (κ3) is 11.4. The lowest BCUT2D eigenvalue weighted by Gasteiger charge is -2.37. The molecule has 0 radical (unpaired) electrons. The van der Waals surface area contributed by atoms with Gasteiger partial charge in [0.1, 0.15) is 30.0 Å². The first-order valence-electron chi connectivity index (χ1n) is 24.5. The molecule has 3 N–H and O–H groups in total. The highest BCUT2D eigenvalue weighted by Gasteiger charge is 2.43. The van der Waals surface area contributed by atoms with E-state index in [1.165, 1.54) is 9.91 Å². The molecule has 0 spiro atoms. The summed E-state index contributed by atoms with van der Waals surface area (Å²) < 4.78 is 11.7. The van der Waals surface area contributed by atoms with Crippen LogP contribution in [0.25, 0.3) is 11.3 Å². The van der Waals surface area contributed by atoms with Crippen molar-refractivity contribution in [3.8, 4) is 17.6 Å². The molecule has 6 atom stereocenters. The lowest BCUT2D eigenvalue weighted by molar-refractivity contribution is -0.155. The minimum Gasteiger partial charge on any atom is -0.508 e. The monoisotopic (exact) mass is 962 g/mol. The van der Waals surface area contributed by atoms with E-state index in [1.807, 2.05) is 58.0 Å². The Labute approximate surface area is 412 Å². The number of amides is 4. The molecule has 0 saturated carbocycles. The van der Waals surface area contributed by atoms with Crippen molar-refractivity contribution in [2.24, 2.45) is 17.3 Å². The van der Waals surface area contributed by atoms with Gasteiger partial charge in [-0.15, -0.1) is 0 Å². The van der Waals surface area contributed by atoms with Crippen molar-refractivity contribution in [2.45, 2.75) is 111 Å². The van der Waals surface area contributed by atoms with Gasteiger partial charge in [-0.25, -0.2) is 5.43 Å². The summed E-state index contributed by atoms with van der Waals surface area (Å²) in [4.78, 5) is 84.7. The number of likely N-dealkylation sites (tertiary alicyclic amines) is 1. The topological polar surface area (TPSA) is 180 Å². The Morgan fingerprint density at radius 2 is 1.87 bits per heavy atom. The fourth-order valence-corrected chi connectivity index (χ4v) is 10.1. The number of carbonyl (C=O) groups is 5. The molecule has 17 nitrogen and oxygen atoms in total. The number of likely N-dealkylation sites (N-methyl/N-ethyl adjacent to an activating group) is 2. The summed E-state index contributed by atoms with van der Waals surface area (Å²) in [6.45, 7) is 13.7. The van der Waals surface area contributed by atoms with Crippen molar-refractivity contribution in [1.82, 2.24) is 45.2 Å². The first-order valence-corrected chi connectivity index (χ1v) is 24.5. The summed E-state index contributed by atoms with van der Waals surface area (Å²) in [6, 6.07) is 6.09. The van der Waals surface area contributed by atoms with Crippen LogP contribution in [0.2, 0.25) is 0 Å². The number of aromatic hydroxyl groups is 1. The van der Waals surface area contributed by atoms with Crippen LogP contribution in [0.5, 0.6) is 5.75 Å². The molecule has 1 aromatic carbocycles. The normalized spacial score (nSPS) is 23.3. The second-order valence-electron chi connectivity index (χ2n) is 20.5. The number of phenols is 1. The average Bonchev–Trinajstić information content (AvgIpc) is 3.94. The van der Waals surface area contributed by atoms with Crippen LogP contribution in [0.15, 0.2) is 60.6 Å². The number of allylic oxidation sites excluding steroid dienone is 3. The first-order chi connectivity index (χ1) is 33.3. The number of hydrogen-bond donors (Lipinski definition) is 3. The van der Waals surface area contributed by atoms with Crippen LogP contribution >= 0.6 is 0 Å². The largest absolute Gasteiger partial charge is 0.508 e. The van der Waals surface area contributed by atoms with Crippen LogP contribution in [0, 0.1) is 29.1 Å². The Bertz CT molecular complexity index is 2490. The molecular formula is C53H71N9O8. The molecule has 0 aliphatic carbocycles. The number of cyclic esters (lactones) is 1. The van der Waals surface area contributed by atoms with Gasteiger partial charge in [0.15, 0.2) is 0 Å². The fraction of sp³-hybridized carbons (Fsp3) is 0.547. The van der Waals surface area contributed by atoms with Gasteiger partial charge in [0.25, 0.3) is 11.8 Å². The van der Waals surface area contributed by atoms with E-state index in [9.17, 15) is 29.1 Å². The summed E-state index contributed by atoms with van der Waals surface area (Å²) in [5, 5.41) is 15.8. The number of nitrogens with one attached hydrogen (secondary N) is 2. The van der Waals surface area contributed by atoms with E-state index >= 15 is 0 Å². The molecule has 70 heavy (non-hydrogen) atoms. The highest BCUT2D eigenvalue weighted by atomic mass is 16.5. The molecular weight excluding hydrogens is 891 g/mol. The first kappa shape index (κ1) is 51.6. The SMILES string of the molecule is CCN1C(c2cccnc2COC)=C2CC(C)(C)COC(=O)[C@@H]3CCCN(N3)C(=O)[C@@H](NC(=O)[C@H](C(C)C)N(C)C(=O)[C@H]3CCN(C(=O)C#C[C@@H](C)N(C)C)C3)Cc3cc(O)cc(c3)C3=CN2C1C=C3. The summed E-state index contributed by atoms with van der Waals surface area (Å²) in [5.74, 6) is 2.62. The number of carbonyl (C=O) groups excluding carboxylic acids is 5. The standard InChI is InChI=1S/C53H71N9O8/c1-11-60-45-18-17-36-30-61(45)44(48(60)40-14-12-21-54-43(40)31-69-10)28-53(5,6)32-70-52(68)41-15-13-22-62(56-41)51(67)42(26-35-24-38(36)27-39(63)25-35)55-49(65)47(33(2)3)58(9)50(66)37-20-23-59(29-37)46(64)19-16-34(4)57(7)8/h12,14,17-18,21,24-25,27,30,33-34,37,41-42,45,47,56,63H,11,13,15,20,22-23,26,28-29,31-32H2,1-10H3,(H,55,65)/t34-,37+,41+,42+,45?,47+/m1/s1. The van der Waals surface area contributed by atoms with E-state index in [2.05, 4.69) is 71.5 Å². The maximum Gasteiger partial charge on any atom is 0.324 e. The number of pyridine rings is 1. The lowest BCUT2D eigenvalue weighted by atomic mass is 9.87. The maximum absolute atomic E-state index is 14.8. The van der Waals surface area contributed by atoms with Gasteiger partial charge in [-0.05, 0) is 113 Å². The molecule has 17 heteroatoms. The number of hydrogen-bond acceptors (Lipinski definition) is 13. The van der Waals surface area contributed by atoms with Crippen molar-refractivity contribution in [3.05, 3.63) is 83.0 Å². The van der Waals surface area contributed by atoms with E-state index in [4.69, 9.17) is 14.5 Å². The smallest absolute Gasteiger partial charge is 0.324 e. The predicted octanol–water partition coefficient (Wildman–Crippen LogP) is 3.96. The second-order valence-corrected chi connectivity index (χ2v) is 20.5. The number of methoxy groups -OCH3 is 1. The highest BCUT2D eigenvalue weighted by molar-refractivity contribution is 5.95. The van der Waals surface area contributed by atoms with Gasteiger partial charge in [-0.2, -0.15) is 0 Å². The van der Waals surface area contributed by atoms with E-state index in [0.29, 0.717) is 56.5 Å². The van der Waals surface area contributed by atoms with Crippen LogP contribution in [0.4, 0.5) is 0 Å². The average molecular weight is 962 g/mol. The maximum atomic E-state index is 14.8. The third-order valence-electron chi connectivity index (χ3n) is 14.0. The number of ether oxygens (including phenoxy) is 2. The number of rotatable bonds is 10. The third-order valence-corrected chi connectivity index (χ3v) is 14.0. The zero-order chi connectivity index (χ0) is 50.6. The van der Waals surface area contributed by atoms with Crippen molar-refractivity contribution >= 4 is 40.9 Å². The number of esters is 1. The zero-order valence-corrected chi connectivity index (χ0v) is 42.5. The Kier molecular flexibility index (Phi) is 16.1. The molecule has 376 valence electrons. The van der Waals surface area contributed by atoms with Crippen LogP contribution in [0.1, 0.15) is 89.6 Å². The van der Waals surface area contributed by atoms with Crippen LogP contribution in [0.3, 0.4) is 0 Å². The molecule has 5 aliphatic heterocycles. The van der Waals surface area contributed by atoms with E-state index in [0.717, 1.165) is 28.2 Å². The van der Waals surface area contributed by atoms with Crippen LogP contribution in [-0.2, 0) is 46.5 Å². The summed E-state index contributed by atoms with van der Waals surface area (Å²) >= 11 is 0. The van der Waals surface area contributed by atoms with Crippen LogP contribution < -0.4 is 10.7 Å². The number of fused-ring (bicyclic) bond motifs is 5. The zero-order valence-electron chi connectivity index (χ0n) is 42.5. The van der Waals surface area contributed by atoms with Crippen molar-refractivity contribution in [2.75, 3.05) is 61.0 Å². The molecule has 1 unspecified atom stereocenters. The van der Waals surface area contributed by atoms with Gasteiger partial charge in [-0.1, -0.05) is 45.8 Å². The minimum absolute atomic E-state index is 0.0174. The second kappa shape index (κ2) is 21.8. The molecule has 6 heterocycles. The van der Waals surface area contributed by atoms with Crippen molar-refractivity contribution in [1.29, 1.82) is 0 Å². The number of nitrogens with zero attached hydrogens (tertiary/aromatic N) is 7. The molecule has 1 aromatic heterocycles. The lowest BCUT2D eigenvalue weighted by Crippen LogP contribution is -2.62. The van der Waals surface area contributed by atoms with E-state index in [1.54, 1.807) is 37.4 Å². The van der Waals surface area contributed by atoms with Gasteiger partial charge in [-0.3, -0.25) is 38.9 Å². The quantitative estimate of drug-likeness (QED) is 0.231. The number of hydrazine groups is 1. The summed E-state index contributed by atoms with van der Waals surface area (Å²) in [6.07, 6.45) is 9.69. The summed E-state index contributed by atoms with van der Waals surface area (Å²) in [5.41, 5.74) is 8.43. The molecule has 2 fully saturated rings. The van der Waals surface area contributed by atoms with E-state index < -0.39 is 47.2 Å². The molecule has 7 rings (SSSR count). The number of aromatic nitrogens is 1. The van der Waals surface area contributed by atoms with Gasteiger partial charge < -0.3 is 39.5 Å². The van der Waals surface area contributed by atoms with Gasteiger partial charge in [0.2, 0.25) is 11.8 Å². The molecule has 2 saturated heterocycles. The van der Waals surface area contributed by atoms with Crippen molar-refractivity contribution < 1.29 is 38.6 Å². The van der Waals surface area contributed by atoms with Gasteiger partial charge in [0, 0.05) is 75.8 Å². The van der Waals surface area contributed by atoms with E-state index in [-0.39, 0.29) is 61.8 Å².